The number of phenols is 1. The number of H-pyrrole nitrogens is 1. The summed E-state index contributed by atoms with van der Waals surface area (Å²) in [6, 6.07) is 10.2. The fourth-order valence-corrected chi connectivity index (χ4v) is 15.9. The maximum atomic E-state index is 11.6. The largest absolute Gasteiger partial charge is 0.504 e. The molecule has 6 aliphatic rings. The normalized spacial score (nSPS) is 30.5. The van der Waals surface area contributed by atoms with E-state index in [0.29, 0.717) is 66.7 Å². The monoisotopic (exact) mass is 990 g/mol. The van der Waals surface area contributed by atoms with E-state index in [1.54, 1.807) is 13.1 Å². The number of ether oxygens (including phenoxy) is 1. The number of rotatable bonds is 20. The molecule has 382 valence electrons. The van der Waals surface area contributed by atoms with Gasteiger partial charge in [0.25, 0.3) is 0 Å². The molecular formula is C54H83N7O6S2. The fourth-order valence-electron chi connectivity index (χ4n) is 13.0. The van der Waals surface area contributed by atoms with Crippen LogP contribution < -0.4 is 32.2 Å². The van der Waals surface area contributed by atoms with Gasteiger partial charge in [-0.1, -0.05) is 66.0 Å². The number of nitrogens with zero attached hydrogens (tertiary/aromatic N) is 1. The van der Waals surface area contributed by atoms with Crippen molar-refractivity contribution in [2.24, 2.45) is 51.5 Å². The Hall–Kier alpha value is -3.15. The van der Waals surface area contributed by atoms with Crippen LogP contribution in [0.2, 0.25) is 0 Å². The Bertz CT molecular complexity index is 2180. The first-order chi connectivity index (χ1) is 33.4. The van der Waals surface area contributed by atoms with Crippen LogP contribution in [-0.4, -0.2) is 101 Å². The number of nitrogens with one attached hydrogen (secondary N) is 4. The first kappa shape index (κ1) is 52.2. The second kappa shape index (κ2) is 24.0. The van der Waals surface area contributed by atoms with E-state index in [1.165, 1.54) is 43.4 Å². The molecule has 4 bridgehead atoms. The Kier molecular flexibility index (Phi) is 18.2. The van der Waals surface area contributed by atoms with Crippen LogP contribution in [0.4, 0.5) is 0 Å². The van der Waals surface area contributed by atoms with Gasteiger partial charge in [-0.3, -0.25) is 4.99 Å². The van der Waals surface area contributed by atoms with Crippen LogP contribution in [0.25, 0.3) is 0 Å². The number of fused-ring (bicyclic) bond motifs is 2. The highest BCUT2D eigenvalue weighted by molar-refractivity contribution is 8.76. The minimum absolute atomic E-state index is 0.0212. The first-order valence-electron chi connectivity index (χ1n) is 26.2. The number of unbranched alkanes of at least 4 members (excludes halogenated alkanes) is 1. The number of furan rings is 1. The number of aryl methyl sites for hydroxylation is 3. The molecule has 3 aromatic rings. The Morgan fingerprint density at radius 2 is 1.87 bits per heavy atom. The molecule has 69 heavy (non-hydrogen) atoms. The molecule has 15 heteroatoms. The average molecular weight is 990 g/mol. The van der Waals surface area contributed by atoms with Gasteiger partial charge in [0.15, 0.2) is 17.5 Å². The molecule has 12 N–H and O–H groups in total. The Labute approximate surface area is 419 Å². The van der Waals surface area contributed by atoms with Crippen molar-refractivity contribution >= 4 is 27.5 Å². The predicted molar refractivity (Wildman–Crippen MR) is 281 cm³/mol. The van der Waals surface area contributed by atoms with Crippen molar-refractivity contribution in [1.29, 1.82) is 0 Å². The summed E-state index contributed by atoms with van der Waals surface area (Å²) in [6.45, 7) is 5.37. The van der Waals surface area contributed by atoms with Crippen LogP contribution in [0.3, 0.4) is 0 Å². The molecule has 1 aromatic carbocycles. The summed E-state index contributed by atoms with van der Waals surface area (Å²) in [4.78, 5) is 7.83. The third kappa shape index (κ3) is 12.4. The van der Waals surface area contributed by atoms with Crippen molar-refractivity contribution in [3.8, 4) is 11.5 Å². The smallest absolute Gasteiger partial charge is 0.188 e. The van der Waals surface area contributed by atoms with Crippen molar-refractivity contribution in [1.82, 2.24) is 20.9 Å². The lowest BCUT2D eigenvalue weighted by molar-refractivity contribution is 0.103. The quantitative estimate of drug-likeness (QED) is 0.0174. The highest BCUT2D eigenvalue weighted by Gasteiger charge is 2.55. The molecule has 9 rings (SSSR count). The van der Waals surface area contributed by atoms with Crippen molar-refractivity contribution in [3.05, 3.63) is 82.1 Å². The zero-order valence-electron chi connectivity index (χ0n) is 41.6. The molecule has 3 fully saturated rings. The summed E-state index contributed by atoms with van der Waals surface area (Å²) >= 11 is 0. The van der Waals surface area contributed by atoms with Crippen molar-refractivity contribution in [2.45, 2.75) is 153 Å². The molecule has 5 aliphatic carbocycles. The number of aromatic nitrogens is 1. The van der Waals surface area contributed by atoms with Crippen LogP contribution in [-0.2, 0) is 25.9 Å². The summed E-state index contributed by atoms with van der Waals surface area (Å²) in [5.74, 6) is 8.09. The van der Waals surface area contributed by atoms with Crippen molar-refractivity contribution < 1.29 is 29.6 Å². The van der Waals surface area contributed by atoms with Gasteiger partial charge in [-0.15, -0.1) is 0 Å². The summed E-state index contributed by atoms with van der Waals surface area (Å²) in [5, 5.41) is 53.7. The molecule has 0 amide bonds. The van der Waals surface area contributed by atoms with Crippen LogP contribution in [0.5, 0.6) is 11.5 Å². The van der Waals surface area contributed by atoms with Crippen LogP contribution in [0, 0.1) is 35.0 Å². The molecule has 1 spiro atoms. The highest BCUT2D eigenvalue weighted by atomic mass is 33.1. The van der Waals surface area contributed by atoms with Gasteiger partial charge in [-0.25, -0.2) is 0 Å². The minimum Gasteiger partial charge on any atom is -0.504 e. The molecule has 13 atom stereocenters. The molecule has 3 heterocycles. The van der Waals surface area contributed by atoms with E-state index in [1.807, 2.05) is 53.8 Å². The van der Waals surface area contributed by atoms with Crippen molar-refractivity contribution in [3.63, 3.8) is 0 Å². The summed E-state index contributed by atoms with van der Waals surface area (Å²) in [6.07, 6.45) is 18.2. The summed E-state index contributed by atoms with van der Waals surface area (Å²) in [7, 11) is 7.63. The SMILES string of the molecule is CN=C(N)N[C@@H]1CSSC[C@H]2C[C@@H](CC[C@H]1C)[C@H](CCCCc1oc(CCc3ccc(O)c(OC[C@H](O)c4cc5c([nH]4)[C@H]4C=C[C@@]6(CCC[C@@H]6C4)[C@H]5[C@H](CNC)NC[C@H](C)O)c3)cc1CO)C[C@@H]2N. The average Bonchev–Trinajstić information content (AvgIpc) is 4.06. The number of aliphatic imine (C=N–C) groups is 1. The van der Waals surface area contributed by atoms with Gasteiger partial charge in [0.05, 0.1) is 12.7 Å². The van der Waals surface area contributed by atoms with E-state index in [4.69, 9.17) is 20.6 Å². The fraction of sp³-hybridized carbons (Fsp3) is 0.685. The third-order valence-corrected chi connectivity index (χ3v) is 19.4. The van der Waals surface area contributed by atoms with Crippen LogP contribution in [0.1, 0.15) is 142 Å². The molecular weight excluding hydrogens is 907 g/mol. The van der Waals surface area contributed by atoms with Gasteiger partial charge in [-0.2, -0.15) is 0 Å². The maximum absolute atomic E-state index is 11.6. The second-order valence-electron chi connectivity index (χ2n) is 21.5. The van der Waals surface area contributed by atoms with E-state index in [9.17, 15) is 20.4 Å². The molecule has 1 saturated heterocycles. The number of benzene rings is 1. The number of aliphatic hydroxyl groups excluding tert-OH is 3. The zero-order chi connectivity index (χ0) is 48.7. The highest BCUT2D eigenvalue weighted by Crippen LogP contribution is 2.63. The summed E-state index contributed by atoms with van der Waals surface area (Å²) in [5.41, 5.74) is 18.0. The van der Waals surface area contributed by atoms with Gasteiger partial charge < -0.3 is 62.0 Å². The van der Waals surface area contributed by atoms with E-state index in [0.717, 1.165) is 91.3 Å². The second-order valence-corrected chi connectivity index (χ2v) is 24.0. The molecule has 0 unspecified atom stereocenters. The standard InChI is InChI=1S/C54H83N7O6S2/c1-32-11-14-36-21-39(30-68-69-31-46(32)61-53(56)58-4)43(55)24-35(36)8-5-6-10-49-38(28-62)23-41(67-49)15-12-34-13-16-47(64)50(20-34)66-29-48(65)44-25-42-51(45(27-57-3)59-26-33(2)63)54-18-7-9-40(54)22-37(17-19-54)52(42)60-44/h13,16-17,19-20,23,25,32-33,35-37,39-40,43,45-46,48,51,57,59-60,62-65H,5-12,14-15,18,21-22,24,26-31,55H2,1-4H3,(H3,56,58,61)/t32-,33+,35-,36-,37+,39-,40-,43+,45+,46-,48+,51-,54-/m1/s1. The van der Waals surface area contributed by atoms with Crippen molar-refractivity contribution in [2.75, 3.05) is 45.3 Å². The number of aliphatic hydroxyl groups is 3. The lowest BCUT2D eigenvalue weighted by atomic mass is 9.61. The summed E-state index contributed by atoms with van der Waals surface area (Å²) < 4.78 is 12.6. The number of phenolic OH excluding ortho intramolecular Hbond substituents is 1. The van der Waals surface area contributed by atoms with E-state index < -0.39 is 12.2 Å². The van der Waals surface area contributed by atoms with Gasteiger partial charge in [-0.05, 0) is 142 Å². The van der Waals surface area contributed by atoms with Crippen LogP contribution in [0.15, 0.2) is 51.9 Å². The van der Waals surface area contributed by atoms with Gasteiger partial charge in [0.1, 0.15) is 24.2 Å². The number of guanidine groups is 1. The molecule has 2 aromatic heterocycles. The van der Waals surface area contributed by atoms with Gasteiger partial charge in [0.2, 0.25) is 0 Å². The van der Waals surface area contributed by atoms with E-state index >= 15 is 0 Å². The van der Waals surface area contributed by atoms with E-state index in [2.05, 4.69) is 51.1 Å². The molecule has 0 radical (unpaired) electrons. The molecule has 13 nitrogen and oxygen atoms in total. The third-order valence-electron chi connectivity index (χ3n) is 16.9. The Morgan fingerprint density at radius 1 is 1.03 bits per heavy atom. The number of aromatic amines is 1. The van der Waals surface area contributed by atoms with Gasteiger partial charge in [0, 0.05) is 91.4 Å². The number of nitrogens with two attached hydrogens (primary N) is 2. The lowest BCUT2D eigenvalue weighted by Crippen LogP contribution is -2.50. The minimum atomic E-state index is -0.931. The van der Waals surface area contributed by atoms with Gasteiger partial charge >= 0.3 is 0 Å². The predicted octanol–water partition coefficient (Wildman–Crippen LogP) is 7.59. The number of allylic oxidation sites excluding steroid dienone is 2. The Morgan fingerprint density at radius 3 is 2.67 bits per heavy atom. The zero-order valence-corrected chi connectivity index (χ0v) is 43.3. The van der Waals surface area contributed by atoms with Crippen LogP contribution >= 0.6 is 21.6 Å². The number of aromatic hydroxyl groups is 1. The lowest BCUT2D eigenvalue weighted by Gasteiger charge is -2.45. The number of likely N-dealkylation sites (N-methyl/N-ethyl adjacent to an activating group) is 1. The van der Waals surface area contributed by atoms with E-state index in [-0.39, 0.29) is 48.3 Å². The number of hydrogen-bond acceptors (Lipinski definition) is 12. The topological polar surface area (TPSA) is 220 Å². The maximum Gasteiger partial charge on any atom is 0.188 e. The first-order valence-corrected chi connectivity index (χ1v) is 28.7. The molecule has 1 aliphatic heterocycles. The Balaban J connectivity index is 0.850. The number of hydrogen-bond donors (Lipinski definition) is 10. The molecule has 2 saturated carbocycles.